The molecule has 4 heteroatoms. The summed E-state index contributed by atoms with van der Waals surface area (Å²) in [5.74, 6) is 0.519. The minimum atomic E-state index is -0.265. The Labute approximate surface area is 126 Å². The second kappa shape index (κ2) is 5.96. The van der Waals surface area contributed by atoms with Crippen LogP contribution in [0, 0.1) is 5.92 Å². The average Bonchev–Trinajstić information content (AvgIpc) is 2.91. The topological polar surface area (TPSA) is 55.6 Å². The molecule has 1 heterocycles. The van der Waals surface area contributed by atoms with E-state index in [2.05, 4.69) is 4.90 Å². The summed E-state index contributed by atoms with van der Waals surface area (Å²) < 4.78 is 5.20. The summed E-state index contributed by atoms with van der Waals surface area (Å²) in [4.78, 5) is 14.6. The highest BCUT2D eigenvalue weighted by Gasteiger charge is 2.37. The number of nitrogens with zero attached hydrogens (tertiary/aromatic N) is 1. The van der Waals surface area contributed by atoms with E-state index in [1.54, 1.807) is 6.07 Å². The molecule has 0 amide bonds. The van der Waals surface area contributed by atoms with Crippen molar-refractivity contribution in [1.82, 2.24) is 0 Å². The van der Waals surface area contributed by atoms with E-state index in [-0.39, 0.29) is 5.97 Å². The fourth-order valence-electron chi connectivity index (χ4n) is 3.88. The van der Waals surface area contributed by atoms with Crippen LogP contribution in [0.3, 0.4) is 0 Å². The highest BCUT2D eigenvalue weighted by atomic mass is 16.5. The molecule has 2 aliphatic rings. The minimum Gasteiger partial charge on any atom is -0.462 e. The monoisotopic (exact) mass is 288 g/mol. The van der Waals surface area contributed by atoms with E-state index in [1.165, 1.54) is 32.1 Å². The van der Waals surface area contributed by atoms with E-state index in [4.69, 9.17) is 10.5 Å². The number of nitrogen functional groups attached to an aromatic ring is 1. The van der Waals surface area contributed by atoms with Crippen LogP contribution in [0.15, 0.2) is 18.2 Å². The molecule has 1 aromatic carbocycles. The lowest BCUT2D eigenvalue weighted by atomic mass is 9.85. The zero-order valence-corrected chi connectivity index (χ0v) is 12.7. The van der Waals surface area contributed by atoms with Crippen molar-refractivity contribution in [1.29, 1.82) is 0 Å². The van der Waals surface area contributed by atoms with Crippen LogP contribution in [0.5, 0.6) is 0 Å². The minimum absolute atomic E-state index is 0.265. The van der Waals surface area contributed by atoms with Gasteiger partial charge in [0.05, 0.1) is 17.9 Å². The number of anilines is 2. The molecule has 4 nitrogen and oxygen atoms in total. The van der Waals surface area contributed by atoms with Crippen LogP contribution in [0.4, 0.5) is 11.4 Å². The van der Waals surface area contributed by atoms with Gasteiger partial charge >= 0.3 is 5.97 Å². The lowest BCUT2D eigenvalue weighted by Gasteiger charge is -2.34. The summed E-state index contributed by atoms with van der Waals surface area (Å²) in [6.07, 6.45) is 6.43. The van der Waals surface area contributed by atoms with Gasteiger partial charge in [0.1, 0.15) is 0 Å². The molecule has 1 saturated carbocycles. The molecule has 2 unspecified atom stereocenters. The number of esters is 1. The zero-order chi connectivity index (χ0) is 14.8. The van der Waals surface area contributed by atoms with E-state index in [0.29, 0.717) is 23.9 Å². The molecule has 2 atom stereocenters. The predicted octanol–water partition coefficient (Wildman–Crippen LogP) is 3.21. The van der Waals surface area contributed by atoms with Gasteiger partial charge in [-0.25, -0.2) is 4.79 Å². The number of fused-ring (bicyclic) bond motifs is 1. The fourth-order valence-corrected chi connectivity index (χ4v) is 3.88. The van der Waals surface area contributed by atoms with Crippen LogP contribution in [0.1, 0.15) is 49.4 Å². The summed E-state index contributed by atoms with van der Waals surface area (Å²) in [5, 5.41) is 0. The maximum atomic E-state index is 12.2. The largest absolute Gasteiger partial charge is 0.462 e. The Hall–Kier alpha value is -1.71. The first-order valence-electron chi connectivity index (χ1n) is 8.04. The van der Waals surface area contributed by atoms with Gasteiger partial charge in [-0.1, -0.05) is 12.8 Å². The molecular formula is C17H24N2O2. The van der Waals surface area contributed by atoms with Crippen LogP contribution in [0.25, 0.3) is 0 Å². The number of rotatable bonds is 3. The van der Waals surface area contributed by atoms with E-state index in [0.717, 1.165) is 18.2 Å². The van der Waals surface area contributed by atoms with Crippen molar-refractivity contribution < 1.29 is 9.53 Å². The van der Waals surface area contributed by atoms with Crippen molar-refractivity contribution >= 4 is 17.3 Å². The molecule has 1 aromatic rings. The van der Waals surface area contributed by atoms with Crippen molar-refractivity contribution in [3.63, 3.8) is 0 Å². The smallest absolute Gasteiger partial charge is 0.340 e. The number of nitrogens with two attached hydrogens (primary N) is 1. The summed E-state index contributed by atoms with van der Waals surface area (Å²) >= 11 is 0. The third-order valence-electron chi connectivity index (χ3n) is 4.84. The number of ether oxygens (including phenoxy) is 1. The van der Waals surface area contributed by atoms with Crippen LogP contribution < -0.4 is 10.6 Å². The standard InChI is InChI=1S/C17H24N2O2/c1-2-21-17(20)14-11-13(18)7-8-16(14)19-10-9-12-5-3-4-6-15(12)19/h7-8,11-12,15H,2-6,9-10,18H2,1H3. The molecule has 2 fully saturated rings. The second-order valence-electron chi connectivity index (χ2n) is 6.09. The van der Waals surface area contributed by atoms with Crippen molar-refractivity contribution in [3.05, 3.63) is 23.8 Å². The van der Waals surface area contributed by atoms with Crippen molar-refractivity contribution in [2.75, 3.05) is 23.8 Å². The van der Waals surface area contributed by atoms with Gasteiger partial charge in [0.2, 0.25) is 0 Å². The Morgan fingerprint density at radius 1 is 1.33 bits per heavy atom. The number of benzene rings is 1. The molecule has 1 saturated heterocycles. The maximum Gasteiger partial charge on any atom is 0.340 e. The zero-order valence-electron chi connectivity index (χ0n) is 12.7. The summed E-state index contributed by atoms with van der Waals surface area (Å²) in [6, 6.07) is 6.20. The number of carbonyl (C=O) groups is 1. The van der Waals surface area contributed by atoms with Gasteiger partial charge in [-0.15, -0.1) is 0 Å². The summed E-state index contributed by atoms with van der Waals surface area (Å²) in [5.41, 5.74) is 8.09. The van der Waals surface area contributed by atoms with Gasteiger partial charge in [-0.05, 0) is 50.3 Å². The first-order chi connectivity index (χ1) is 10.2. The molecule has 1 aliphatic carbocycles. The Balaban J connectivity index is 1.92. The van der Waals surface area contributed by atoms with Gasteiger partial charge in [0, 0.05) is 18.3 Å². The molecule has 21 heavy (non-hydrogen) atoms. The van der Waals surface area contributed by atoms with Crippen LogP contribution in [-0.2, 0) is 4.74 Å². The number of carbonyl (C=O) groups excluding carboxylic acids is 1. The van der Waals surface area contributed by atoms with Crippen LogP contribution >= 0.6 is 0 Å². The summed E-state index contributed by atoms with van der Waals surface area (Å²) in [6.45, 7) is 3.25. The molecule has 0 aromatic heterocycles. The molecule has 2 N–H and O–H groups in total. The van der Waals surface area contributed by atoms with Crippen LogP contribution in [-0.4, -0.2) is 25.2 Å². The normalized spacial score (nSPS) is 24.7. The van der Waals surface area contributed by atoms with Crippen molar-refractivity contribution in [2.45, 2.75) is 45.1 Å². The molecule has 1 aliphatic heterocycles. The van der Waals surface area contributed by atoms with Gasteiger partial charge < -0.3 is 15.4 Å². The molecular weight excluding hydrogens is 264 g/mol. The van der Waals surface area contributed by atoms with Gasteiger partial charge in [0.15, 0.2) is 0 Å². The quantitative estimate of drug-likeness (QED) is 0.685. The number of hydrogen-bond acceptors (Lipinski definition) is 4. The fraction of sp³-hybridized carbons (Fsp3) is 0.588. The SMILES string of the molecule is CCOC(=O)c1cc(N)ccc1N1CCC2CCCCC21. The highest BCUT2D eigenvalue weighted by molar-refractivity contribution is 5.97. The van der Waals surface area contributed by atoms with Crippen LogP contribution in [0.2, 0.25) is 0 Å². The van der Waals surface area contributed by atoms with E-state index in [1.807, 2.05) is 19.1 Å². The van der Waals surface area contributed by atoms with Gasteiger partial charge in [0.25, 0.3) is 0 Å². The van der Waals surface area contributed by atoms with E-state index >= 15 is 0 Å². The lowest BCUT2D eigenvalue weighted by molar-refractivity contribution is 0.0527. The highest BCUT2D eigenvalue weighted by Crippen LogP contribution is 2.40. The Morgan fingerprint density at radius 3 is 2.95 bits per heavy atom. The molecule has 0 bridgehead atoms. The first kappa shape index (κ1) is 14.2. The van der Waals surface area contributed by atoms with E-state index in [9.17, 15) is 4.79 Å². The Morgan fingerprint density at radius 2 is 2.14 bits per heavy atom. The first-order valence-corrected chi connectivity index (χ1v) is 8.04. The predicted molar refractivity (Wildman–Crippen MR) is 84.5 cm³/mol. The Bertz CT molecular complexity index is 530. The van der Waals surface area contributed by atoms with Gasteiger partial charge in [-0.3, -0.25) is 0 Å². The maximum absolute atomic E-state index is 12.2. The third-order valence-corrected chi connectivity index (χ3v) is 4.84. The Kier molecular flexibility index (Phi) is 4.04. The van der Waals surface area contributed by atoms with E-state index < -0.39 is 0 Å². The van der Waals surface area contributed by atoms with Gasteiger partial charge in [-0.2, -0.15) is 0 Å². The van der Waals surface area contributed by atoms with Crippen molar-refractivity contribution in [2.24, 2.45) is 5.92 Å². The third kappa shape index (κ3) is 2.71. The lowest BCUT2D eigenvalue weighted by Crippen LogP contribution is -2.35. The molecule has 0 spiro atoms. The average molecular weight is 288 g/mol. The molecule has 114 valence electrons. The molecule has 0 radical (unpaired) electrons. The summed E-state index contributed by atoms with van der Waals surface area (Å²) in [7, 11) is 0. The second-order valence-corrected chi connectivity index (χ2v) is 6.09. The number of hydrogen-bond donors (Lipinski definition) is 1. The van der Waals surface area contributed by atoms with Crippen molar-refractivity contribution in [3.8, 4) is 0 Å². The molecule has 3 rings (SSSR count).